The number of phosphoric acid groups is 1. The van der Waals surface area contributed by atoms with E-state index in [2.05, 4.69) is 0 Å². The molecule has 0 aromatic heterocycles. The highest BCUT2D eigenvalue weighted by atomic mass is 31.2. The van der Waals surface area contributed by atoms with E-state index < -0.39 is 19.4 Å². The Kier molecular flexibility index (Phi) is 5.93. The maximum atomic E-state index is 12.6. The fraction of sp³-hybridized carbons (Fsp3) is 0.136. The Morgan fingerprint density at radius 1 is 0.806 bits per heavy atom. The van der Waals surface area contributed by atoms with Gasteiger partial charge in [-0.2, -0.15) is 0 Å². The van der Waals surface area contributed by atoms with E-state index in [0.29, 0.717) is 16.7 Å². The quantitative estimate of drug-likeness (QED) is 0.299. The average molecular weight is 444 g/mol. The molecule has 0 saturated heterocycles. The SMILES string of the molecule is Cc1cc(C2(c3ccc(O)c(C)c3)OC(=O)c3ccccc32)ccc1O.O=P(O)(O)O. The molecule has 9 heteroatoms. The molecule has 0 saturated carbocycles. The second-order valence-electron chi connectivity index (χ2n) is 7.13. The van der Waals surface area contributed by atoms with Crippen LogP contribution in [0.25, 0.3) is 0 Å². The molecule has 162 valence electrons. The van der Waals surface area contributed by atoms with Gasteiger partial charge in [-0.05, 0) is 55.3 Å². The Morgan fingerprint density at radius 2 is 1.26 bits per heavy atom. The van der Waals surface area contributed by atoms with Gasteiger partial charge in [-0.1, -0.05) is 30.3 Å². The summed E-state index contributed by atoms with van der Waals surface area (Å²) in [6, 6.07) is 17.7. The first kappa shape index (κ1) is 22.5. The summed E-state index contributed by atoms with van der Waals surface area (Å²) in [6.45, 7) is 3.61. The largest absolute Gasteiger partial charge is 0.508 e. The number of hydrogen-bond acceptors (Lipinski definition) is 5. The van der Waals surface area contributed by atoms with Crippen molar-refractivity contribution >= 4 is 13.8 Å². The summed E-state index contributed by atoms with van der Waals surface area (Å²) in [5.41, 5.74) is 3.03. The molecule has 0 unspecified atom stereocenters. The van der Waals surface area contributed by atoms with E-state index in [-0.39, 0.29) is 11.5 Å². The molecule has 0 atom stereocenters. The highest BCUT2D eigenvalue weighted by molar-refractivity contribution is 7.45. The van der Waals surface area contributed by atoms with Crippen molar-refractivity contribution in [3.63, 3.8) is 0 Å². The van der Waals surface area contributed by atoms with E-state index in [1.165, 1.54) is 0 Å². The van der Waals surface area contributed by atoms with Crippen molar-refractivity contribution in [2.45, 2.75) is 19.4 Å². The molecule has 5 N–H and O–H groups in total. The third-order valence-corrected chi connectivity index (χ3v) is 4.98. The fourth-order valence-electron chi connectivity index (χ4n) is 3.56. The van der Waals surface area contributed by atoms with Crippen molar-refractivity contribution in [3.8, 4) is 11.5 Å². The number of carbonyl (C=O) groups excluding carboxylic acids is 1. The normalized spacial score (nSPS) is 14.3. The standard InChI is InChI=1S/C22H18O4.H3O4P/c1-13-11-15(7-9-19(13)23)22(16-8-10-20(24)14(2)12-16)18-6-4-3-5-17(18)21(25)26-22;1-5(2,3)4/h3-12,23-24H,1-2H3;(H3,1,2,3,4). The molecule has 4 rings (SSSR count). The average Bonchev–Trinajstić information content (AvgIpc) is 2.99. The minimum Gasteiger partial charge on any atom is -0.508 e. The summed E-state index contributed by atoms with van der Waals surface area (Å²) in [6.07, 6.45) is 0. The number of rotatable bonds is 2. The Labute approximate surface area is 178 Å². The highest BCUT2D eigenvalue weighted by Crippen LogP contribution is 2.48. The topological polar surface area (TPSA) is 145 Å². The third-order valence-electron chi connectivity index (χ3n) is 4.98. The summed E-state index contributed by atoms with van der Waals surface area (Å²) < 4.78 is 14.9. The van der Waals surface area contributed by atoms with Crippen molar-refractivity contribution in [3.05, 3.63) is 94.0 Å². The van der Waals surface area contributed by atoms with Crippen LogP contribution in [0.2, 0.25) is 0 Å². The Hall–Kier alpha value is -3.16. The van der Waals surface area contributed by atoms with Gasteiger partial charge in [0.15, 0.2) is 5.60 Å². The molecule has 0 fully saturated rings. The predicted octanol–water partition coefficient (Wildman–Crippen LogP) is 3.25. The molecule has 1 aliphatic heterocycles. The summed E-state index contributed by atoms with van der Waals surface area (Å²) >= 11 is 0. The minimum absolute atomic E-state index is 0.184. The van der Waals surface area contributed by atoms with Gasteiger partial charge in [0.05, 0.1) is 5.56 Å². The number of phenolic OH excluding ortho intramolecular Hbond substituents is 2. The van der Waals surface area contributed by atoms with Crippen LogP contribution < -0.4 is 0 Å². The number of aryl methyl sites for hydroxylation is 2. The van der Waals surface area contributed by atoms with Crippen LogP contribution in [0.4, 0.5) is 0 Å². The molecular formula is C22H21O8P. The van der Waals surface area contributed by atoms with E-state index in [1.54, 1.807) is 50.2 Å². The lowest BCUT2D eigenvalue weighted by Crippen LogP contribution is -2.29. The summed E-state index contributed by atoms with van der Waals surface area (Å²) in [5.74, 6) is -0.0242. The molecule has 0 aliphatic carbocycles. The Morgan fingerprint density at radius 3 is 1.71 bits per heavy atom. The summed E-state index contributed by atoms with van der Waals surface area (Å²) in [7, 11) is -4.64. The Balaban J connectivity index is 0.000000491. The summed E-state index contributed by atoms with van der Waals surface area (Å²) in [5, 5.41) is 19.9. The van der Waals surface area contributed by atoms with Gasteiger partial charge in [-0.3, -0.25) is 0 Å². The van der Waals surface area contributed by atoms with E-state index in [0.717, 1.165) is 16.7 Å². The van der Waals surface area contributed by atoms with Crippen LogP contribution in [0.5, 0.6) is 11.5 Å². The predicted molar refractivity (Wildman–Crippen MR) is 112 cm³/mol. The van der Waals surface area contributed by atoms with E-state index in [1.807, 2.05) is 24.3 Å². The zero-order valence-electron chi connectivity index (χ0n) is 16.7. The lowest BCUT2D eigenvalue weighted by Gasteiger charge is -2.31. The third kappa shape index (κ3) is 4.47. The summed E-state index contributed by atoms with van der Waals surface area (Å²) in [4.78, 5) is 34.2. The minimum atomic E-state index is -4.64. The van der Waals surface area contributed by atoms with Gasteiger partial charge in [0.1, 0.15) is 11.5 Å². The molecule has 1 heterocycles. The van der Waals surface area contributed by atoms with Crippen LogP contribution in [-0.2, 0) is 14.9 Å². The highest BCUT2D eigenvalue weighted by Gasteiger charge is 2.48. The van der Waals surface area contributed by atoms with Gasteiger partial charge in [0, 0.05) is 16.7 Å². The van der Waals surface area contributed by atoms with Crippen LogP contribution in [0.1, 0.15) is 38.2 Å². The second kappa shape index (κ2) is 8.17. The number of cyclic esters (lactones) is 1. The molecule has 1 aliphatic rings. The van der Waals surface area contributed by atoms with E-state index in [4.69, 9.17) is 24.0 Å². The number of carbonyl (C=O) groups is 1. The van der Waals surface area contributed by atoms with Gasteiger partial charge >= 0.3 is 13.8 Å². The maximum Gasteiger partial charge on any atom is 0.466 e. The van der Waals surface area contributed by atoms with Crippen molar-refractivity contribution in [1.82, 2.24) is 0 Å². The van der Waals surface area contributed by atoms with Crippen molar-refractivity contribution in [2.75, 3.05) is 0 Å². The number of fused-ring (bicyclic) bond motifs is 1. The molecule has 0 amide bonds. The van der Waals surface area contributed by atoms with Crippen LogP contribution >= 0.6 is 7.82 Å². The first-order chi connectivity index (χ1) is 14.4. The van der Waals surface area contributed by atoms with Crippen molar-refractivity contribution < 1.29 is 39.0 Å². The number of aromatic hydroxyl groups is 2. The van der Waals surface area contributed by atoms with Gasteiger partial charge in [0.25, 0.3) is 0 Å². The van der Waals surface area contributed by atoms with Crippen molar-refractivity contribution in [2.24, 2.45) is 0 Å². The molecule has 0 bridgehead atoms. The van der Waals surface area contributed by atoms with Crippen LogP contribution in [-0.4, -0.2) is 30.9 Å². The Bertz CT molecular complexity index is 1140. The molecule has 0 radical (unpaired) electrons. The number of hydrogen-bond donors (Lipinski definition) is 5. The zero-order valence-corrected chi connectivity index (χ0v) is 17.6. The van der Waals surface area contributed by atoms with Crippen LogP contribution in [0, 0.1) is 13.8 Å². The first-order valence-corrected chi connectivity index (χ1v) is 10.7. The van der Waals surface area contributed by atoms with Gasteiger partial charge in [0.2, 0.25) is 0 Å². The number of phenols is 2. The number of benzene rings is 3. The molecular weight excluding hydrogens is 423 g/mol. The molecule has 3 aromatic rings. The number of ether oxygens (including phenoxy) is 1. The van der Waals surface area contributed by atoms with Gasteiger partial charge in [-0.25, -0.2) is 9.36 Å². The zero-order chi connectivity index (χ0) is 23.0. The molecule has 0 spiro atoms. The van der Waals surface area contributed by atoms with Crippen molar-refractivity contribution in [1.29, 1.82) is 0 Å². The smallest absolute Gasteiger partial charge is 0.466 e. The lowest BCUT2D eigenvalue weighted by molar-refractivity contribution is 0.0251. The van der Waals surface area contributed by atoms with E-state index in [9.17, 15) is 15.0 Å². The molecule has 3 aromatic carbocycles. The lowest BCUT2D eigenvalue weighted by atomic mass is 9.79. The number of esters is 1. The van der Waals surface area contributed by atoms with Gasteiger partial charge < -0.3 is 29.6 Å². The monoisotopic (exact) mass is 444 g/mol. The van der Waals surface area contributed by atoms with Crippen LogP contribution in [0.15, 0.2) is 60.7 Å². The molecule has 31 heavy (non-hydrogen) atoms. The second-order valence-corrected chi connectivity index (χ2v) is 8.16. The first-order valence-electron chi connectivity index (χ1n) is 9.15. The van der Waals surface area contributed by atoms with E-state index >= 15 is 0 Å². The van der Waals surface area contributed by atoms with Crippen LogP contribution in [0.3, 0.4) is 0 Å². The van der Waals surface area contributed by atoms with Gasteiger partial charge in [-0.15, -0.1) is 0 Å². The maximum absolute atomic E-state index is 12.6. The molecule has 8 nitrogen and oxygen atoms in total. The fourth-order valence-corrected chi connectivity index (χ4v) is 3.56.